The van der Waals surface area contributed by atoms with Crippen molar-refractivity contribution in [1.29, 1.82) is 0 Å². The van der Waals surface area contributed by atoms with E-state index in [0.717, 1.165) is 17.1 Å². The van der Waals surface area contributed by atoms with Gasteiger partial charge in [-0.05, 0) is 38.3 Å². The van der Waals surface area contributed by atoms with E-state index in [1.165, 1.54) is 6.21 Å². The monoisotopic (exact) mass is 346 g/mol. The Morgan fingerprint density at radius 3 is 2.80 bits per heavy atom. The van der Waals surface area contributed by atoms with Gasteiger partial charge in [-0.25, -0.2) is 10.2 Å². The van der Waals surface area contributed by atoms with Crippen LogP contribution in [0.1, 0.15) is 51.1 Å². The molecule has 0 unspecified atom stereocenters. The summed E-state index contributed by atoms with van der Waals surface area (Å²) in [4.78, 5) is 36.6. The summed E-state index contributed by atoms with van der Waals surface area (Å²) in [7, 11) is 0. The van der Waals surface area contributed by atoms with Crippen LogP contribution in [0.3, 0.4) is 0 Å². The molecular weight excluding hydrogens is 324 g/mol. The number of hydrogen-bond acceptors (Lipinski definition) is 5. The van der Waals surface area contributed by atoms with E-state index in [9.17, 15) is 14.4 Å². The minimum Gasteiger partial charge on any atom is -0.460 e. The number of nitrogens with zero attached hydrogens (tertiary/aromatic N) is 2. The first-order chi connectivity index (χ1) is 11.8. The molecule has 8 heteroatoms. The number of hydrogen-bond donors (Lipinski definition) is 2. The van der Waals surface area contributed by atoms with E-state index >= 15 is 0 Å². The molecule has 0 spiro atoms. The van der Waals surface area contributed by atoms with Gasteiger partial charge in [0.25, 0.3) is 5.91 Å². The Morgan fingerprint density at radius 2 is 2.20 bits per heavy atom. The van der Waals surface area contributed by atoms with E-state index in [0.29, 0.717) is 17.6 Å². The molecule has 2 heterocycles. The van der Waals surface area contributed by atoms with Crippen molar-refractivity contribution < 1.29 is 18.8 Å². The van der Waals surface area contributed by atoms with Crippen molar-refractivity contribution in [2.45, 2.75) is 45.1 Å². The molecule has 0 bridgehead atoms. The lowest BCUT2D eigenvalue weighted by Crippen LogP contribution is -2.40. The van der Waals surface area contributed by atoms with Crippen LogP contribution in [-0.4, -0.2) is 41.0 Å². The number of amides is 4. The summed E-state index contributed by atoms with van der Waals surface area (Å²) < 4.78 is 5.65. The summed E-state index contributed by atoms with van der Waals surface area (Å²) in [6.07, 6.45) is 2.56. The summed E-state index contributed by atoms with van der Waals surface area (Å²) >= 11 is 0. The number of rotatable bonds is 6. The Balaban J connectivity index is 1.44. The van der Waals surface area contributed by atoms with Crippen molar-refractivity contribution in [3.05, 3.63) is 23.7 Å². The van der Waals surface area contributed by atoms with Crippen LogP contribution in [0.2, 0.25) is 0 Å². The van der Waals surface area contributed by atoms with Gasteiger partial charge in [-0.1, -0.05) is 6.92 Å². The highest BCUT2D eigenvalue weighted by molar-refractivity contribution is 6.06. The number of imide groups is 1. The normalized spacial score (nSPS) is 24.7. The molecule has 0 radical (unpaired) electrons. The predicted octanol–water partition coefficient (Wildman–Crippen LogP) is 1.57. The van der Waals surface area contributed by atoms with Gasteiger partial charge in [0, 0.05) is 18.9 Å². The molecule has 1 aromatic rings. The van der Waals surface area contributed by atoms with Crippen LogP contribution in [0.5, 0.6) is 0 Å². The average molecular weight is 346 g/mol. The zero-order chi connectivity index (χ0) is 18.2. The summed E-state index contributed by atoms with van der Waals surface area (Å²) in [5.74, 6) is 1.94. The van der Waals surface area contributed by atoms with Crippen LogP contribution in [0.4, 0.5) is 4.79 Å². The van der Waals surface area contributed by atoms with Crippen molar-refractivity contribution in [3.63, 3.8) is 0 Å². The van der Waals surface area contributed by atoms with Crippen LogP contribution < -0.4 is 10.7 Å². The SMILES string of the molecule is C[C@H]1C[C@@H]1c1ccc(/C=N\NC(=O)CCN2C(=O)NC(C)(C)C2=O)o1. The van der Waals surface area contributed by atoms with Gasteiger partial charge >= 0.3 is 6.03 Å². The van der Waals surface area contributed by atoms with Gasteiger partial charge in [-0.3, -0.25) is 14.5 Å². The molecule has 3 rings (SSSR count). The molecule has 2 atom stereocenters. The summed E-state index contributed by atoms with van der Waals surface area (Å²) in [5, 5.41) is 6.41. The minimum absolute atomic E-state index is 0.0138. The van der Waals surface area contributed by atoms with Crippen molar-refractivity contribution >= 4 is 24.1 Å². The molecule has 2 N–H and O–H groups in total. The van der Waals surface area contributed by atoms with Gasteiger partial charge in [-0.15, -0.1) is 0 Å². The molecule has 0 aromatic carbocycles. The number of carbonyl (C=O) groups excluding carboxylic acids is 3. The van der Waals surface area contributed by atoms with Gasteiger partial charge in [0.1, 0.15) is 17.1 Å². The number of hydrazone groups is 1. The Hall–Kier alpha value is -2.64. The third-order valence-electron chi connectivity index (χ3n) is 4.51. The second-order valence-electron chi connectivity index (χ2n) is 7.11. The molecule has 25 heavy (non-hydrogen) atoms. The minimum atomic E-state index is -0.929. The standard InChI is InChI=1S/C17H22N4O4/c1-10-8-12(10)13-5-4-11(25-13)9-18-20-14(22)6-7-21-15(23)17(2,3)19-16(21)24/h4-5,9-10,12H,6-8H2,1-3H3,(H,19,24)(H,20,22)/b18-9-/t10-,12-/m0/s1. The fraction of sp³-hybridized carbons (Fsp3) is 0.529. The zero-order valence-electron chi connectivity index (χ0n) is 14.5. The Morgan fingerprint density at radius 1 is 1.48 bits per heavy atom. The van der Waals surface area contributed by atoms with E-state index in [1.807, 2.05) is 12.1 Å². The molecule has 2 aliphatic rings. The van der Waals surface area contributed by atoms with E-state index in [2.05, 4.69) is 22.8 Å². The lowest BCUT2D eigenvalue weighted by Gasteiger charge is -2.15. The second-order valence-corrected chi connectivity index (χ2v) is 7.11. The van der Waals surface area contributed by atoms with Gasteiger partial charge in [0.05, 0.1) is 6.21 Å². The van der Waals surface area contributed by atoms with Crippen LogP contribution in [0.15, 0.2) is 21.7 Å². The van der Waals surface area contributed by atoms with Crippen LogP contribution in [-0.2, 0) is 9.59 Å². The fourth-order valence-corrected chi connectivity index (χ4v) is 2.81. The number of urea groups is 1. The third-order valence-corrected chi connectivity index (χ3v) is 4.51. The Bertz CT molecular complexity index is 737. The quantitative estimate of drug-likeness (QED) is 0.463. The Kier molecular flexibility index (Phi) is 4.36. The summed E-state index contributed by atoms with van der Waals surface area (Å²) in [5.41, 5.74) is 1.44. The van der Waals surface area contributed by atoms with E-state index in [1.54, 1.807) is 13.8 Å². The van der Waals surface area contributed by atoms with Crippen LogP contribution >= 0.6 is 0 Å². The molecule has 4 amide bonds. The molecule has 134 valence electrons. The first-order valence-corrected chi connectivity index (χ1v) is 8.33. The average Bonchev–Trinajstić information content (AvgIpc) is 3.01. The number of carbonyl (C=O) groups is 3. The smallest absolute Gasteiger partial charge is 0.325 e. The van der Waals surface area contributed by atoms with Gasteiger partial charge in [-0.2, -0.15) is 5.10 Å². The van der Waals surface area contributed by atoms with E-state index in [-0.39, 0.29) is 24.8 Å². The maximum atomic E-state index is 12.0. The van der Waals surface area contributed by atoms with E-state index in [4.69, 9.17) is 4.42 Å². The van der Waals surface area contributed by atoms with Crippen molar-refractivity contribution in [2.24, 2.45) is 11.0 Å². The van der Waals surface area contributed by atoms with Gasteiger partial charge in [0.15, 0.2) is 0 Å². The topological polar surface area (TPSA) is 104 Å². The first-order valence-electron chi connectivity index (χ1n) is 8.33. The Labute approximate surface area is 145 Å². The number of furan rings is 1. The molecular formula is C17H22N4O4. The molecule has 1 aliphatic carbocycles. The first kappa shape index (κ1) is 17.2. The molecule has 1 saturated carbocycles. The summed E-state index contributed by atoms with van der Waals surface area (Å²) in [6, 6.07) is 3.26. The van der Waals surface area contributed by atoms with Gasteiger partial charge < -0.3 is 9.73 Å². The van der Waals surface area contributed by atoms with Crippen LogP contribution in [0, 0.1) is 5.92 Å². The maximum Gasteiger partial charge on any atom is 0.325 e. The van der Waals surface area contributed by atoms with Gasteiger partial charge in [0.2, 0.25) is 5.91 Å². The highest BCUT2D eigenvalue weighted by Crippen LogP contribution is 2.47. The van der Waals surface area contributed by atoms with Crippen molar-refractivity contribution in [3.8, 4) is 0 Å². The zero-order valence-corrected chi connectivity index (χ0v) is 14.5. The highest BCUT2D eigenvalue weighted by atomic mass is 16.3. The highest BCUT2D eigenvalue weighted by Gasteiger charge is 2.44. The lowest BCUT2D eigenvalue weighted by atomic mass is 10.1. The maximum absolute atomic E-state index is 12.0. The molecule has 1 aliphatic heterocycles. The molecule has 2 fully saturated rings. The third kappa shape index (κ3) is 3.72. The largest absolute Gasteiger partial charge is 0.460 e. The van der Waals surface area contributed by atoms with Crippen LogP contribution in [0.25, 0.3) is 0 Å². The van der Waals surface area contributed by atoms with Crippen molar-refractivity contribution in [1.82, 2.24) is 15.6 Å². The predicted molar refractivity (Wildman–Crippen MR) is 89.9 cm³/mol. The lowest BCUT2D eigenvalue weighted by molar-refractivity contribution is -0.130. The second kappa shape index (κ2) is 6.34. The molecule has 8 nitrogen and oxygen atoms in total. The molecule has 1 aromatic heterocycles. The summed E-state index contributed by atoms with van der Waals surface area (Å²) in [6.45, 7) is 5.43. The van der Waals surface area contributed by atoms with E-state index < -0.39 is 11.6 Å². The molecule has 1 saturated heterocycles. The number of nitrogens with one attached hydrogen (secondary N) is 2. The van der Waals surface area contributed by atoms with Crippen molar-refractivity contribution in [2.75, 3.05) is 6.54 Å². The fourth-order valence-electron chi connectivity index (χ4n) is 2.81.